The van der Waals surface area contributed by atoms with Crippen LogP contribution in [0.3, 0.4) is 0 Å². The molecule has 1 aliphatic carbocycles. The zero-order valence-electron chi connectivity index (χ0n) is 23.6. The number of rotatable bonds is 5. The minimum Gasteiger partial charge on any atom is -0.228 e. The topological polar surface area (TPSA) is 25.8 Å². The molecule has 0 aliphatic heterocycles. The molecule has 2 nitrogen and oxygen atoms in total. The molecular formula is C41H28N2. The maximum Gasteiger partial charge on any atom is 0.160 e. The molecule has 0 bridgehead atoms. The van der Waals surface area contributed by atoms with Crippen molar-refractivity contribution in [1.82, 2.24) is 9.97 Å². The van der Waals surface area contributed by atoms with E-state index in [1.807, 2.05) is 24.3 Å². The highest BCUT2D eigenvalue weighted by Crippen LogP contribution is 2.41. The van der Waals surface area contributed by atoms with Gasteiger partial charge in [0.05, 0.1) is 11.4 Å². The maximum absolute atomic E-state index is 5.06. The predicted molar refractivity (Wildman–Crippen MR) is 177 cm³/mol. The summed E-state index contributed by atoms with van der Waals surface area (Å²) in [7, 11) is 0. The maximum atomic E-state index is 5.06. The fraction of sp³-hybridized carbons (Fsp3) is 0.0244. The van der Waals surface area contributed by atoms with E-state index in [9.17, 15) is 0 Å². The third-order valence-corrected chi connectivity index (χ3v) is 8.31. The molecular weight excluding hydrogens is 520 g/mol. The lowest BCUT2D eigenvalue weighted by molar-refractivity contribution is 1.18. The Bertz CT molecular complexity index is 2020. The Morgan fingerprint density at radius 3 is 1.60 bits per heavy atom. The average Bonchev–Trinajstić information content (AvgIpc) is 3.46. The first-order valence-electron chi connectivity index (χ1n) is 14.7. The fourth-order valence-electron chi connectivity index (χ4n) is 6.11. The summed E-state index contributed by atoms with van der Waals surface area (Å²) in [6.45, 7) is 0. The first-order chi connectivity index (χ1) is 21.3. The van der Waals surface area contributed by atoms with Gasteiger partial charge in [-0.05, 0) is 69.1 Å². The quantitative estimate of drug-likeness (QED) is 0.214. The summed E-state index contributed by atoms with van der Waals surface area (Å²) in [5, 5.41) is 0. The minimum absolute atomic E-state index is 0.736. The first-order valence-corrected chi connectivity index (χ1v) is 14.7. The first kappa shape index (κ1) is 25.1. The Hall–Kier alpha value is -5.60. The molecule has 0 saturated heterocycles. The van der Waals surface area contributed by atoms with E-state index in [0.717, 1.165) is 40.3 Å². The van der Waals surface area contributed by atoms with E-state index in [4.69, 9.17) is 9.97 Å². The van der Waals surface area contributed by atoms with Crippen LogP contribution in [0.4, 0.5) is 0 Å². The SMILES string of the molecule is c1ccc(-c2cccc(-c3ccc4c(c3)Cc3ccc(-c5cc(-c6ccccc6)nc(-c6ccccc6)n5)cc3-4)c2)cc1. The molecule has 2 heteroatoms. The van der Waals surface area contributed by atoms with Crippen molar-refractivity contribution in [3.63, 3.8) is 0 Å². The molecule has 0 spiro atoms. The zero-order valence-corrected chi connectivity index (χ0v) is 23.6. The van der Waals surface area contributed by atoms with Crippen molar-refractivity contribution in [3.8, 4) is 67.3 Å². The van der Waals surface area contributed by atoms with Crippen molar-refractivity contribution in [1.29, 1.82) is 0 Å². The van der Waals surface area contributed by atoms with Crippen LogP contribution in [-0.2, 0) is 6.42 Å². The summed E-state index contributed by atoms with van der Waals surface area (Å²) in [5.74, 6) is 0.736. The summed E-state index contributed by atoms with van der Waals surface area (Å²) in [6, 6.07) is 55.8. The Morgan fingerprint density at radius 1 is 0.326 bits per heavy atom. The molecule has 43 heavy (non-hydrogen) atoms. The zero-order chi connectivity index (χ0) is 28.6. The lowest BCUT2D eigenvalue weighted by Crippen LogP contribution is -1.96. The van der Waals surface area contributed by atoms with E-state index in [1.165, 1.54) is 44.5 Å². The van der Waals surface area contributed by atoms with Crippen LogP contribution in [0.15, 0.2) is 158 Å². The molecule has 6 aromatic carbocycles. The lowest BCUT2D eigenvalue weighted by Gasteiger charge is -2.11. The normalized spacial score (nSPS) is 11.6. The summed E-state index contributed by atoms with van der Waals surface area (Å²) >= 11 is 0. The Kier molecular flexibility index (Phi) is 6.23. The van der Waals surface area contributed by atoms with Gasteiger partial charge >= 0.3 is 0 Å². The Labute approximate surface area is 252 Å². The van der Waals surface area contributed by atoms with Gasteiger partial charge in [0.1, 0.15) is 0 Å². The van der Waals surface area contributed by atoms with Crippen LogP contribution < -0.4 is 0 Å². The molecule has 1 aromatic heterocycles. The summed E-state index contributed by atoms with van der Waals surface area (Å²) in [5.41, 5.74) is 15.3. The van der Waals surface area contributed by atoms with E-state index in [1.54, 1.807) is 0 Å². The molecule has 1 heterocycles. The number of aromatic nitrogens is 2. The molecule has 1 aliphatic rings. The molecule has 7 aromatic rings. The van der Waals surface area contributed by atoms with Crippen molar-refractivity contribution >= 4 is 0 Å². The predicted octanol–water partition coefficient (Wildman–Crippen LogP) is 10.4. The van der Waals surface area contributed by atoms with E-state index in [2.05, 4.69) is 133 Å². The van der Waals surface area contributed by atoms with Crippen molar-refractivity contribution in [2.45, 2.75) is 6.42 Å². The van der Waals surface area contributed by atoms with Crippen LogP contribution in [0.1, 0.15) is 11.1 Å². The van der Waals surface area contributed by atoms with E-state index < -0.39 is 0 Å². The van der Waals surface area contributed by atoms with Crippen molar-refractivity contribution in [3.05, 3.63) is 169 Å². The number of nitrogens with zero attached hydrogens (tertiary/aromatic N) is 2. The number of hydrogen-bond acceptors (Lipinski definition) is 2. The van der Waals surface area contributed by atoms with Crippen LogP contribution >= 0.6 is 0 Å². The minimum atomic E-state index is 0.736. The molecule has 202 valence electrons. The molecule has 0 radical (unpaired) electrons. The van der Waals surface area contributed by atoms with Gasteiger partial charge in [0.15, 0.2) is 5.82 Å². The molecule has 0 fully saturated rings. The van der Waals surface area contributed by atoms with Crippen molar-refractivity contribution < 1.29 is 0 Å². The van der Waals surface area contributed by atoms with Crippen LogP contribution in [0.5, 0.6) is 0 Å². The highest BCUT2D eigenvalue weighted by atomic mass is 14.9. The largest absolute Gasteiger partial charge is 0.228 e. The van der Waals surface area contributed by atoms with Crippen LogP contribution in [0.25, 0.3) is 67.3 Å². The van der Waals surface area contributed by atoms with Gasteiger partial charge in [0.2, 0.25) is 0 Å². The van der Waals surface area contributed by atoms with Crippen LogP contribution in [0, 0.1) is 0 Å². The second kappa shape index (κ2) is 10.7. The van der Waals surface area contributed by atoms with Crippen molar-refractivity contribution in [2.75, 3.05) is 0 Å². The van der Waals surface area contributed by atoms with Gasteiger partial charge in [-0.25, -0.2) is 9.97 Å². The molecule has 0 N–H and O–H groups in total. The fourth-order valence-corrected chi connectivity index (χ4v) is 6.11. The Morgan fingerprint density at radius 2 is 0.884 bits per heavy atom. The third kappa shape index (κ3) is 4.83. The number of fused-ring (bicyclic) bond motifs is 3. The second-order valence-electron chi connectivity index (χ2n) is 11.1. The molecule has 8 rings (SSSR count). The van der Waals surface area contributed by atoms with Gasteiger partial charge in [-0.15, -0.1) is 0 Å². The van der Waals surface area contributed by atoms with Gasteiger partial charge in [0, 0.05) is 16.7 Å². The van der Waals surface area contributed by atoms with E-state index in [0.29, 0.717) is 0 Å². The van der Waals surface area contributed by atoms with Gasteiger partial charge in [-0.3, -0.25) is 0 Å². The molecule has 0 unspecified atom stereocenters. The smallest absolute Gasteiger partial charge is 0.160 e. The highest BCUT2D eigenvalue weighted by molar-refractivity contribution is 5.84. The van der Waals surface area contributed by atoms with Gasteiger partial charge < -0.3 is 0 Å². The monoisotopic (exact) mass is 548 g/mol. The highest BCUT2D eigenvalue weighted by Gasteiger charge is 2.21. The lowest BCUT2D eigenvalue weighted by atomic mass is 9.96. The van der Waals surface area contributed by atoms with E-state index in [-0.39, 0.29) is 0 Å². The standard InChI is InChI=1S/C41H28N2/c1-4-11-28(12-5-1)31-17-10-18-32(23-31)33-21-22-37-36(24-33)25-34-19-20-35(26-38(34)37)40-27-39(29-13-6-2-7-14-29)42-41(43-40)30-15-8-3-9-16-30/h1-24,26-27H,25H2. The van der Waals surface area contributed by atoms with Crippen LogP contribution in [-0.4, -0.2) is 9.97 Å². The molecule has 0 saturated carbocycles. The van der Waals surface area contributed by atoms with Gasteiger partial charge in [-0.1, -0.05) is 140 Å². The number of benzene rings is 6. The van der Waals surface area contributed by atoms with Gasteiger partial charge in [0.25, 0.3) is 0 Å². The Balaban J connectivity index is 1.18. The van der Waals surface area contributed by atoms with Gasteiger partial charge in [-0.2, -0.15) is 0 Å². The second-order valence-corrected chi connectivity index (χ2v) is 11.1. The third-order valence-electron chi connectivity index (χ3n) is 8.31. The summed E-state index contributed by atoms with van der Waals surface area (Å²) in [4.78, 5) is 10.0. The molecule has 0 amide bonds. The summed E-state index contributed by atoms with van der Waals surface area (Å²) < 4.78 is 0. The molecule has 0 atom stereocenters. The summed E-state index contributed by atoms with van der Waals surface area (Å²) in [6.07, 6.45) is 0.936. The van der Waals surface area contributed by atoms with Crippen LogP contribution in [0.2, 0.25) is 0 Å². The van der Waals surface area contributed by atoms with Crippen molar-refractivity contribution in [2.24, 2.45) is 0 Å². The number of hydrogen-bond donors (Lipinski definition) is 0. The average molecular weight is 549 g/mol. The van der Waals surface area contributed by atoms with E-state index >= 15 is 0 Å².